The highest BCUT2D eigenvalue weighted by atomic mass is 35.5. The minimum Gasteiger partial charge on any atom is -0.496 e. The second-order valence-corrected chi connectivity index (χ2v) is 8.14. The van der Waals surface area contributed by atoms with Gasteiger partial charge in [0.25, 0.3) is 0 Å². The molecule has 0 saturated heterocycles. The van der Waals surface area contributed by atoms with Crippen LogP contribution in [0.3, 0.4) is 0 Å². The van der Waals surface area contributed by atoms with E-state index in [9.17, 15) is 0 Å². The molecule has 1 aliphatic rings. The molecule has 0 spiro atoms. The molecule has 0 amide bonds. The smallest absolute Gasteiger partial charge is 0.122 e. The summed E-state index contributed by atoms with van der Waals surface area (Å²) >= 11 is 6.20. The first-order valence-electron chi connectivity index (χ1n) is 8.40. The fraction of sp³-hybridized carbons (Fsp3) is 0.684. The van der Waals surface area contributed by atoms with Crippen molar-refractivity contribution in [2.45, 2.75) is 52.4 Å². The maximum atomic E-state index is 6.20. The van der Waals surface area contributed by atoms with Crippen molar-refractivity contribution >= 4 is 11.6 Å². The zero-order valence-electron chi connectivity index (χ0n) is 14.4. The molecule has 1 fully saturated rings. The second kappa shape index (κ2) is 7.23. The van der Waals surface area contributed by atoms with E-state index in [1.54, 1.807) is 7.11 Å². The molecule has 22 heavy (non-hydrogen) atoms. The van der Waals surface area contributed by atoms with Gasteiger partial charge in [-0.2, -0.15) is 0 Å². The van der Waals surface area contributed by atoms with Gasteiger partial charge in [-0.25, -0.2) is 0 Å². The van der Waals surface area contributed by atoms with Crippen molar-refractivity contribution in [3.05, 3.63) is 28.8 Å². The van der Waals surface area contributed by atoms with Crippen LogP contribution in [0.15, 0.2) is 18.2 Å². The Labute approximate surface area is 140 Å². The molecule has 2 rings (SSSR count). The first kappa shape index (κ1) is 17.6. The lowest BCUT2D eigenvalue weighted by Gasteiger charge is -2.39. The van der Waals surface area contributed by atoms with E-state index in [1.165, 1.54) is 31.2 Å². The van der Waals surface area contributed by atoms with Gasteiger partial charge in [-0.15, -0.1) is 0 Å². The quantitative estimate of drug-likeness (QED) is 0.822. The maximum Gasteiger partial charge on any atom is 0.122 e. The molecule has 1 aliphatic carbocycles. The summed E-state index contributed by atoms with van der Waals surface area (Å²) in [5, 5.41) is 0.762. The average Bonchev–Trinajstić information content (AvgIpc) is 2.48. The molecular weight excluding hydrogens is 294 g/mol. The summed E-state index contributed by atoms with van der Waals surface area (Å²) in [5.74, 6) is 2.71. The van der Waals surface area contributed by atoms with Crippen molar-refractivity contribution in [1.29, 1.82) is 0 Å². The normalized spacial score (nSPS) is 24.1. The van der Waals surface area contributed by atoms with E-state index in [0.717, 1.165) is 16.7 Å². The molecule has 1 aromatic rings. The van der Waals surface area contributed by atoms with E-state index < -0.39 is 0 Å². The SMILES string of the molecule is COc1ccc(Cl)cc1C(CN)C1CCC(C(C)(C)C)CC1. The number of hydrogen-bond acceptors (Lipinski definition) is 2. The predicted molar refractivity (Wildman–Crippen MR) is 94.7 cm³/mol. The molecule has 2 N–H and O–H groups in total. The molecule has 0 aromatic heterocycles. The van der Waals surface area contributed by atoms with Crippen LogP contribution < -0.4 is 10.5 Å². The Balaban J connectivity index is 2.15. The van der Waals surface area contributed by atoms with Crippen LogP contribution in [-0.4, -0.2) is 13.7 Å². The molecule has 0 radical (unpaired) electrons. The van der Waals surface area contributed by atoms with E-state index >= 15 is 0 Å². The van der Waals surface area contributed by atoms with Crippen LogP contribution in [0, 0.1) is 17.3 Å². The van der Waals surface area contributed by atoms with E-state index in [4.69, 9.17) is 22.1 Å². The number of nitrogens with two attached hydrogens (primary N) is 1. The summed E-state index contributed by atoms with van der Waals surface area (Å²) in [6, 6.07) is 5.88. The largest absolute Gasteiger partial charge is 0.496 e. The Hall–Kier alpha value is -0.730. The Morgan fingerprint density at radius 3 is 2.36 bits per heavy atom. The summed E-state index contributed by atoms with van der Waals surface area (Å²) < 4.78 is 5.54. The molecule has 0 heterocycles. The van der Waals surface area contributed by atoms with Gasteiger partial charge < -0.3 is 10.5 Å². The molecule has 3 heteroatoms. The van der Waals surface area contributed by atoms with Crippen LogP contribution in [-0.2, 0) is 0 Å². The zero-order chi connectivity index (χ0) is 16.3. The maximum absolute atomic E-state index is 6.20. The molecule has 1 unspecified atom stereocenters. The van der Waals surface area contributed by atoms with Gasteiger partial charge in [0.05, 0.1) is 7.11 Å². The third-order valence-electron chi connectivity index (χ3n) is 5.41. The van der Waals surface area contributed by atoms with E-state index in [1.807, 2.05) is 18.2 Å². The standard InChI is InChI=1S/C19H30ClNO/c1-19(2,3)14-7-5-13(6-8-14)17(12-21)16-11-15(20)9-10-18(16)22-4/h9-11,13-14,17H,5-8,12,21H2,1-4H3. The van der Waals surface area contributed by atoms with E-state index in [2.05, 4.69) is 20.8 Å². The number of rotatable bonds is 4. The fourth-order valence-electron chi connectivity index (χ4n) is 3.96. The van der Waals surface area contributed by atoms with Gasteiger partial charge in [0.1, 0.15) is 5.75 Å². The van der Waals surface area contributed by atoms with E-state index in [0.29, 0.717) is 23.8 Å². The highest BCUT2D eigenvalue weighted by Gasteiger charge is 2.33. The molecule has 1 saturated carbocycles. The molecule has 0 aliphatic heterocycles. The zero-order valence-corrected chi connectivity index (χ0v) is 15.1. The number of methoxy groups -OCH3 is 1. The number of hydrogen-bond donors (Lipinski definition) is 1. The summed E-state index contributed by atoms with van der Waals surface area (Å²) in [4.78, 5) is 0. The molecule has 1 aromatic carbocycles. The topological polar surface area (TPSA) is 35.2 Å². The molecule has 2 nitrogen and oxygen atoms in total. The van der Waals surface area contributed by atoms with Crippen molar-refractivity contribution in [1.82, 2.24) is 0 Å². The number of halogens is 1. The average molecular weight is 324 g/mol. The van der Waals surface area contributed by atoms with Gasteiger partial charge in [0.15, 0.2) is 0 Å². The Morgan fingerprint density at radius 1 is 1.23 bits per heavy atom. The van der Waals surface area contributed by atoms with Crippen molar-refractivity contribution in [2.75, 3.05) is 13.7 Å². The van der Waals surface area contributed by atoms with Gasteiger partial charge in [-0.05, 0) is 67.7 Å². The van der Waals surface area contributed by atoms with Crippen LogP contribution in [0.2, 0.25) is 5.02 Å². The van der Waals surface area contributed by atoms with Crippen molar-refractivity contribution in [2.24, 2.45) is 23.0 Å². The second-order valence-electron chi connectivity index (χ2n) is 7.71. The predicted octanol–water partition coefficient (Wildman–Crippen LogP) is 5.24. The van der Waals surface area contributed by atoms with Crippen LogP contribution in [0.5, 0.6) is 5.75 Å². The lowest BCUT2D eigenvalue weighted by atomic mass is 9.66. The highest BCUT2D eigenvalue weighted by molar-refractivity contribution is 6.30. The van der Waals surface area contributed by atoms with E-state index in [-0.39, 0.29) is 0 Å². The van der Waals surface area contributed by atoms with Crippen molar-refractivity contribution < 1.29 is 4.74 Å². The molecular formula is C19H30ClNO. The van der Waals surface area contributed by atoms with Gasteiger partial charge >= 0.3 is 0 Å². The first-order chi connectivity index (χ1) is 10.4. The monoisotopic (exact) mass is 323 g/mol. The van der Waals surface area contributed by atoms with Crippen LogP contribution in [0.25, 0.3) is 0 Å². The third-order valence-corrected chi connectivity index (χ3v) is 5.65. The van der Waals surface area contributed by atoms with Crippen LogP contribution in [0.1, 0.15) is 57.9 Å². The Morgan fingerprint density at radius 2 is 1.86 bits per heavy atom. The minimum atomic E-state index is 0.342. The minimum absolute atomic E-state index is 0.342. The molecule has 124 valence electrons. The Bertz CT molecular complexity index is 487. The summed E-state index contributed by atoms with van der Waals surface area (Å²) in [7, 11) is 1.72. The number of ether oxygens (including phenoxy) is 1. The Kier molecular flexibility index (Phi) is 5.79. The lowest BCUT2D eigenvalue weighted by Crippen LogP contribution is -2.30. The van der Waals surface area contributed by atoms with Crippen molar-refractivity contribution in [3.63, 3.8) is 0 Å². The van der Waals surface area contributed by atoms with Gasteiger partial charge in [-0.3, -0.25) is 0 Å². The lowest BCUT2D eigenvalue weighted by molar-refractivity contribution is 0.139. The van der Waals surface area contributed by atoms with Gasteiger partial charge in [0, 0.05) is 16.5 Å². The van der Waals surface area contributed by atoms with Crippen LogP contribution >= 0.6 is 11.6 Å². The first-order valence-corrected chi connectivity index (χ1v) is 8.78. The summed E-state index contributed by atoms with van der Waals surface area (Å²) in [6.07, 6.45) is 5.10. The third kappa shape index (κ3) is 3.97. The summed E-state index contributed by atoms with van der Waals surface area (Å²) in [6.45, 7) is 7.73. The highest BCUT2D eigenvalue weighted by Crippen LogP contribution is 2.45. The van der Waals surface area contributed by atoms with Crippen molar-refractivity contribution in [3.8, 4) is 5.75 Å². The fourth-order valence-corrected chi connectivity index (χ4v) is 4.14. The molecule has 1 atom stereocenters. The molecule has 0 bridgehead atoms. The summed E-state index contributed by atoms with van der Waals surface area (Å²) in [5.41, 5.74) is 7.72. The van der Waals surface area contributed by atoms with Gasteiger partial charge in [-0.1, -0.05) is 32.4 Å². The number of benzene rings is 1. The van der Waals surface area contributed by atoms with Crippen LogP contribution in [0.4, 0.5) is 0 Å². The van der Waals surface area contributed by atoms with Gasteiger partial charge in [0.2, 0.25) is 0 Å².